The topological polar surface area (TPSA) is 42.2 Å². The van der Waals surface area contributed by atoms with E-state index in [9.17, 15) is 0 Å². The molecule has 14 heavy (non-hydrogen) atoms. The molecule has 0 aromatic carbocycles. The molecule has 0 atom stereocenters. The van der Waals surface area contributed by atoms with Crippen molar-refractivity contribution in [1.29, 1.82) is 0 Å². The number of fused-ring (bicyclic) bond motifs is 1. The summed E-state index contributed by atoms with van der Waals surface area (Å²) >= 11 is 0. The molecule has 0 radical (unpaired) electrons. The van der Waals surface area contributed by atoms with Crippen LogP contribution in [0, 0.1) is 6.92 Å². The zero-order valence-corrected chi connectivity index (χ0v) is 8.49. The first-order valence-electron chi connectivity index (χ1n) is 4.76. The molecule has 0 saturated carbocycles. The van der Waals surface area contributed by atoms with Gasteiger partial charge in [-0.15, -0.1) is 0 Å². The van der Waals surface area contributed by atoms with Crippen molar-refractivity contribution >= 4 is 5.65 Å². The van der Waals surface area contributed by atoms with Crippen molar-refractivity contribution in [2.24, 2.45) is 0 Å². The summed E-state index contributed by atoms with van der Waals surface area (Å²) in [6.45, 7) is 2.89. The fourth-order valence-corrected chi connectivity index (χ4v) is 1.46. The normalized spacial score (nSPS) is 11.0. The van der Waals surface area contributed by atoms with Gasteiger partial charge in [-0.3, -0.25) is 0 Å². The maximum absolute atomic E-state index is 4.31. The Hall–Kier alpha value is -1.42. The number of aryl methyl sites for hydroxylation is 1. The molecule has 0 fully saturated rings. The van der Waals surface area contributed by atoms with Crippen molar-refractivity contribution in [3.05, 3.63) is 29.7 Å². The van der Waals surface area contributed by atoms with Gasteiger partial charge in [0.05, 0.1) is 0 Å². The Kier molecular flexibility index (Phi) is 2.45. The van der Waals surface area contributed by atoms with Crippen molar-refractivity contribution in [2.75, 3.05) is 13.6 Å². The highest BCUT2D eigenvalue weighted by molar-refractivity contribution is 5.40. The Morgan fingerprint density at radius 1 is 1.50 bits per heavy atom. The van der Waals surface area contributed by atoms with Crippen LogP contribution in [-0.4, -0.2) is 28.2 Å². The maximum atomic E-state index is 4.31. The van der Waals surface area contributed by atoms with E-state index in [-0.39, 0.29) is 0 Å². The first-order valence-corrected chi connectivity index (χ1v) is 4.76. The van der Waals surface area contributed by atoms with Crippen LogP contribution in [0.25, 0.3) is 5.65 Å². The molecule has 1 N–H and O–H groups in total. The Morgan fingerprint density at radius 3 is 3.14 bits per heavy atom. The Labute approximate surface area is 83.0 Å². The van der Waals surface area contributed by atoms with Crippen LogP contribution < -0.4 is 5.32 Å². The number of nitrogens with one attached hydrogen (secondary N) is 1. The van der Waals surface area contributed by atoms with Gasteiger partial charge in [-0.05, 0) is 44.6 Å². The van der Waals surface area contributed by atoms with Gasteiger partial charge in [-0.25, -0.2) is 9.50 Å². The van der Waals surface area contributed by atoms with Crippen LogP contribution in [0.1, 0.15) is 11.4 Å². The van der Waals surface area contributed by atoms with Crippen LogP contribution in [0.4, 0.5) is 0 Å². The molecule has 0 spiro atoms. The van der Waals surface area contributed by atoms with E-state index in [1.54, 1.807) is 4.52 Å². The molecule has 4 heteroatoms. The quantitative estimate of drug-likeness (QED) is 0.778. The Bertz CT molecular complexity index is 433. The lowest BCUT2D eigenvalue weighted by Crippen LogP contribution is -2.10. The number of pyridine rings is 1. The van der Waals surface area contributed by atoms with Crippen molar-refractivity contribution in [1.82, 2.24) is 19.9 Å². The zero-order valence-electron chi connectivity index (χ0n) is 8.49. The van der Waals surface area contributed by atoms with Crippen LogP contribution in [0.3, 0.4) is 0 Å². The molecular formula is C10H14N4. The SMILES string of the molecule is CNCCc1ccn2nc(C)nc2c1. The Balaban J connectivity index is 2.31. The van der Waals surface area contributed by atoms with Crippen molar-refractivity contribution in [3.63, 3.8) is 0 Å². The molecule has 0 aliphatic carbocycles. The average Bonchev–Trinajstić information content (AvgIpc) is 2.54. The van der Waals surface area contributed by atoms with Crippen LogP contribution in [0.2, 0.25) is 0 Å². The van der Waals surface area contributed by atoms with Gasteiger partial charge in [-0.2, -0.15) is 5.10 Å². The van der Waals surface area contributed by atoms with Gasteiger partial charge in [0.2, 0.25) is 0 Å². The number of rotatable bonds is 3. The summed E-state index contributed by atoms with van der Waals surface area (Å²) in [7, 11) is 1.96. The van der Waals surface area contributed by atoms with Gasteiger partial charge in [0.25, 0.3) is 0 Å². The molecule has 2 aromatic rings. The number of aromatic nitrogens is 3. The third-order valence-electron chi connectivity index (χ3n) is 2.17. The van der Waals surface area contributed by atoms with E-state index in [0.29, 0.717) is 0 Å². The smallest absolute Gasteiger partial charge is 0.155 e. The molecule has 2 heterocycles. The van der Waals surface area contributed by atoms with E-state index in [2.05, 4.69) is 27.5 Å². The fourth-order valence-electron chi connectivity index (χ4n) is 1.46. The molecule has 2 rings (SSSR count). The number of hydrogen-bond acceptors (Lipinski definition) is 3. The van der Waals surface area contributed by atoms with Crippen LogP contribution in [0.5, 0.6) is 0 Å². The minimum absolute atomic E-state index is 0.816. The summed E-state index contributed by atoms with van der Waals surface area (Å²) in [5, 5.41) is 7.35. The highest BCUT2D eigenvalue weighted by Crippen LogP contribution is 2.05. The molecule has 0 aliphatic heterocycles. The van der Waals surface area contributed by atoms with Crippen LogP contribution in [-0.2, 0) is 6.42 Å². The predicted octanol–water partition coefficient (Wildman–Crippen LogP) is 0.800. The highest BCUT2D eigenvalue weighted by atomic mass is 15.3. The van der Waals surface area contributed by atoms with E-state index < -0.39 is 0 Å². The second-order valence-electron chi connectivity index (χ2n) is 3.35. The van der Waals surface area contributed by atoms with Gasteiger partial charge >= 0.3 is 0 Å². The summed E-state index contributed by atoms with van der Waals surface area (Å²) in [6, 6.07) is 4.16. The summed E-state index contributed by atoms with van der Waals surface area (Å²) in [5.74, 6) is 0.816. The number of hydrogen-bond donors (Lipinski definition) is 1. The first kappa shape index (κ1) is 9.15. The monoisotopic (exact) mass is 190 g/mol. The molecule has 0 bridgehead atoms. The van der Waals surface area contributed by atoms with E-state index >= 15 is 0 Å². The largest absolute Gasteiger partial charge is 0.319 e. The summed E-state index contributed by atoms with van der Waals surface area (Å²) in [5.41, 5.74) is 2.22. The van der Waals surface area contributed by atoms with Gasteiger partial charge in [0.15, 0.2) is 5.65 Å². The van der Waals surface area contributed by atoms with Gasteiger partial charge in [-0.1, -0.05) is 0 Å². The average molecular weight is 190 g/mol. The summed E-state index contributed by atoms with van der Waals surface area (Å²) in [4.78, 5) is 4.31. The lowest BCUT2D eigenvalue weighted by molar-refractivity contribution is 0.789. The lowest BCUT2D eigenvalue weighted by Gasteiger charge is -2.00. The van der Waals surface area contributed by atoms with Crippen LogP contribution in [0.15, 0.2) is 18.3 Å². The van der Waals surface area contributed by atoms with Gasteiger partial charge in [0.1, 0.15) is 5.82 Å². The standard InChI is InChI=1S/C10H14N4/c1-8-12-10-7-9(3-5-11-2)4-6-14(10)13-8/h4,6-7,11H,3,5H2,1-2H3. The molecule has 0 saturated heterocycles. The van der Waals surface area contributed by atoms with Crippen molar-refractivity contribution < 1.29 is 0 Å². The Morgan fingerprint density at radius 2 is 2.36 bits per heavy atom. The molecule has 2 aromatic heterocycles. The van der Waals surface area contributed by atoms with E-state index in [1.165, 1.54) is 5.56 Å². The molecule has 0 aliphatic rings. The van der Waals surface area contributed by atoms with E-state index in [1.807, 2.05) is 20.2 Å². The van der Waals surface area contributed by atoms with Crippen molar-refractivity contribution in [3.8, 4) is 0 Å². The minimum Gasteiger partial charge on any atom is -0.319 e. The second kappa shape index (κ2) is 3.75. The second-order valence-corrected chi connectivity index (χ2v) is 3.35. The number of nitrogens with zero attached hydrogens (tertiary/aromatic N) is 3. The van der Waals surface area contributed by atoms with Gasteiger partial charge < -0.3 is 5.32 Å². The third-order valence-corrected chi connectivity index (χ3v) is 2.17. The third kappa shape index (κ3) is 1.75. The van der Waals surface area contributed by atoms with Crippen molar-refractivity contribution in [2.45, 2.75) is 13.3 Å². The molecule has 74 valence electrons. The van der Waals surface area contributed by atoms with Crippen LogP contribution >= 0.6 is 0 Å². The molecule has 4 nitrogen and oxygen atoms in total. The highest BCUT2D eigenvalue weighted by Gasteiger charge is 1.99. The number of likely N-dealkylation sites (N-methyl/N-ethyl adjacent to an activating group) is 1. The maximum Gasteiger partial charge on any atom is 0.155 e. The zero-order chi connectivity index (χ0) is 9.97. The summed E-state index contributed by atoms with van der Waals surface area (Å²) < 4.78 is 1.80. The first-order chi connectivity index (χ1) is 6.79. The lowest BCUT2D eigenvalue weighted by atomic mass is 10.2. The molecular weight excluding hydrogens is 176 g/mol. The van der Waals surface area contributed by atoms with Gasteiger partial charge in [0, 0.05) is 6.20 Å². The van der Waals surface area contributed by atoms with E-state index in [4.69, 9.17) is 0 Å². The predicted molar refractivity (Wildman–Crippen MR) is 55.4 cm³/mol. The molecule has 0 amide bonds. The minimum atomic E-state index is 0.816. The van der Waals surface area contributed by atoms with E-state index in [0.717, 1.165) is 24.4 Å². The summed E-state index contributed by atoms with van der Waals surface area (Å²) in [6.07, 6.45) is 2.99. The fraction of sp³-hybridized carbons (Fsp3) is 0.400. The molecule has 0 unspecified atom stereocenters.